The molecule has 0 fully saturated rings. The smallest absolute Gasteiger partial charge is 0.431 e. The van der Waals surface area contributed by atoms with E-state index in [1.54, 1.807) is 24.3 Å². The number of halogens is 3. The van der Waals surface area contributed by atoms with Gasteiger partial charge in [-0.25, -0.2) is 14.2 Å². The van der Waals surface area contributed by atoms with Crippen molar-refractivity contribution in [2.24, 2.45) is 7.05 Å². The van der Waals surface area contributed by atoms with Gasteiger partial charge in [0, 0.05) is 29.6 Å². The molecular formula is C31H22F3N3O5S. The number of benzene rings is 3. The molecule has 12 heteroatoms. The van der Waals surface area contributed by atoms with Crippen LogP contribution in [0.1, 0.15) is 16.8 Å². The van der Waals surface area contributed by atoms with Crippen molar-refractivity contribution in [3.8, 4) is 34.5 Å². The van der Waals surface area contributed by atoms with Crippen LogP contribution in [0.5, 0.6) is 5.75 Å². The Hall–Kier alpha value is -5.15. The number of carbonyl (C=O) groups is 1. The zero-order valence-corrected chi connectivity index (χ0v) is 23.6. The van der Waals surface area contributed by atoms with Gasteiger partial charge in [-0.1, -0.05) is 36.1 Å². The number of hydrogen-bond donors (Lipinski definition) is 0. The van der Waals surface area contributed by atoms with Gasteiger partial charge < -0.3 is 9.47 Å². The quantitative estimate of drug-likeness (QED) is 0.197. The predicted molar refractivity (Wildman–Crippen MR) is 155 cm³/mol. The summed E-state index contributed by atoms with van der Waals surface area (Å²) >= 11 is 1.18. The summed E-state index contributed by atoms with van der Waals surface area (Å²) in [5.41, 5.74) is -0.678. The second-order valence-corrected chi connectivity index (χ2v) is 10.2. The number of fused-ring (bicyclic) bond motifs is 1. The van der Waals surface area contributed by atoms with Crippen molar-refractivity contribution in [1.82, 2.24) is 13.5 Å². The SMILES string of the molecule is Cc1ccc(OCC(=O)OCC#Cc2ccccc2)cc1-c1nsc2ccc(-n3c(=O)cc(C(F)(F)F)n(C)c3=O)cc12. The molecule has 0 aliphatic heterocycles. The molecule has 0 radical (unpaired) electrons. The molecule has 218 valence electrons. The molecule has 43 heavy (non-hydrogen) atoms. The molecule has 0 amide bonds. The van der Waals surface area contributed by atoms with Gasteiger partial charge in [-0.2, -0.15) is 17.5 Å². The fourth-order valence-electron chi connectivity index (χ4n) is 4.30. The topological polar surface area (TPSA) is 92.4 Å². The van der Waals surface area contributed by atoms with E-state index < -0.39 is 29.1 Å². The van der Waals surface area contributed by atoms with E-state index in [0.29, 0.717) is 37.6 Å². The summed E-state index contributed by atoms with van der Waals surface area (Å²) in [6, 6.07) is 19.5. The number of alkyl halides is 3. The number of carbonyl (C=O) groups excluding carboxylic acids is 1. The highest BCUT2D eigenvalue weighted by molar-refractivity contribution is 7.13. The molecule has 0 aliphatic carbocycles. The maximum Gasteiger partial charge on any atom is 0.431 e. The van der Waals surface area contributed by atoms with Crippen molar-refractivity contribution in [2.75, 3.05) is 13.2 Å². The average molecular weight is 606 g/mol. The van der Waals surface area contributed by atoms with E-state index in [4.69, 9.17) is 9.47 Å². The minimum absolute atomic E-state index is 0.0888. The summed E-state index contributed by atoms with van der Waals surface area (Å²) in [7, 11) is 0.958. The monoisotopic (exact) mass is 605 g/mol. The Kier molecular flexibility index (Phi) is 8.18. The van der Waals surface area contributed by atoms with Crippen LogP contribution in [-0.4, -0.2) is 32.7 Å². The van der Waals surface area contributed by atoms with E-state index in [1.165, 1.54) is 23.7 Å². The number of rotatable bonds is 6. The molecule has 5 rings (SSSR count). The van der Waals surface area contributed by atoms with Crippen LogP contribution in [0, 0.1) is 18.8 Å². The summed E-state index contributed by atoms with van der Waals surface area (Å²) in [5.74, 6) is 5.44. The maximum atomic E-state index is 13.3. The summed E-state index contributed by atoms with van der Waals surface area (Å²) in [6.07, 6.45) is -4.86. The van der Waals surface area contributed by atoms with Crippen LogP contribution in [0.25, 0.3) is 27.0 Å². The molecule has 8 nitrogen and oxygen atoms in total. The Morgan fingerprint density at radius 2 is 1.79 bits per heavy atom. The van der Waals surface area contributed by atoms with Gasteiger partial charge in [0.05, 0.1) is 16.1 Å². The number of aryl methyl sites for hydroxylation is 1. The molecular weight excluding hydrogens is 583 g/mol. The van der Waals surface area contributed by atoms with Crippen LogP contribution in [0.4, 0.5) is 13.2 Å². The fourth-order valence-corrected chi connectivity index (χ4v) is 5.07. The van der Waals surface area contributed by atoms with E-state index in [2.05, 4.69) is 16.2 Å². The van der Waals surface area contributed by atoms with Gasteiger partial charge in [-0.3, -0.25) is 9.36 Å². The average Bonchev–Trinajstić information content (AvgIpc) is 3.40. The molecule has 5 aromatic rings. The van der Waals surface area contributed by atoms with Crippen LogP contribution in [-0.2, 0) is 22.8 Å². The Morgan fingerprint density at radius 3 is 2.53 bits per heavy atom. The lowest BCUT2D eigenvalue weighted by molar-refractivity contribution is -0.145. The van der Waals surface area contributed by atoms with Gasteiger partial charge in [-0.05, 0) is 66.5 Å². The van der Waals surface area contributed by atoms with Crippen LogP contribution in [0.2, 0.25) is 0 Å². The van der Waals surface area contributed by atoms with Gasteiger partial charge in [0.25, 0.3) is 5.56 Å². The lowest BCUT2D eigenvalue weighted by Gasteiger charge is -2.14. The van der Waals surface area contributed by atoms with E-state index in [1.807, 2.05) is 37.3 Å². The molecule has 0 atom stereocenters. The number of ether oxygens (including phenoxy) is 2. The Bertz CT molecular complexity index is 2020. The van der Waals surface area contributed by atoms with Crippen LogP contribution >= 0.6 is 11.5 Å². The largest absolute Gasteiger partial charge is 0.482 e. The molecule has 0 N–H and O–H groups in total. The van der Waals surface area contributed by atoms with Crippen LogP contribution < -0.4 is 16.0 Å². The first kappa shape index (κ1) is 29.3. The van der Waals surface area contributed by atoms with Crippen molar-refractivity contribution in [3.05, 3.63) is 110 Å². The zero-order chi connectivity index (χ0) is 30.7. The molecule has 0 spiro atoms. The minimum atomic E-state index is -4.86. The molecule has 0 saturated heterocycles. The van der Waals surface area contributed by atoms with Crippen molar-refractivity contribution in [1.29, 1.82) is 0 Å². The molecule has 3 aromatic carbocycles. The lowest BCUT2D eigenvalue weighted by Crippen LogP contribution is -2.40. The van der Waals surface area contributed by atoms with Crippen molar-refractivity contribution >= 4 is 27.6 Å². The Morgan fingerprint density at radius 1 is 1.02 bits per heavy atom. The third-order valence-corrected chi connectivity index (χ3v) is 7.28. The summed E-state index contributed by atoms with van der Waals surface area (Å²) in [5, 5.41) is 0.577. The first-order chi connectivity index (χ1) is 20.5. The Balaban J connectivity index is 1.38. The summed E-state index contributed by atoms with van der Waals surface area (Å²) in [6.45, 7) is 1.41. The Labute approximate surface area is 246 Å². The lowest BCUT2D eigenvalue weighted by atomic mass is 10.0. The number of aromatic nitrogens is 3. The van der Waals surface area contributed by atoms with E-state index in [-0.39, 0.29) is 18.9 Å². The zero-order valence-electron chi connectivity index (χ0n) is 22.8. The predicted octanol–water partition coefficient (Wildman–Crippen LogP) is 5.11. The van der Waals surface area contributed by atoms with Gasteiger partial charge in [0.15, 0.2) is 13.2 Å². The van der Waals surface area contributed by atoms with Crippen molar-refractivity contribution < 1.29 is 27.4 Å². The normalized spacial score (nSPS) is 11.2. The van der Waals surface area contributed by atoms with E-state index in [9.17, 15) is 27.6 Å². The molecule has 2 aromatic heterocycles. The highest BCUT2D eigenvalue weighted by Crippen LogP contribution is 2.35. The molecule has 0 unspecified atom stereocenters. The third-order valence-electron chi connectivity index (χ3n) is 6.46. The highest BCUT2D eigenvalue weighted by atomic mass is 32.1. The van der Waals surface area contributed by atoms with Crippen molar-refractivity contribution in [3.63, 3.8) is 0 Å². The van der Waals surface area contributed by atoms with Gasteiger partial charge >= 0.3 is 17.8 Å². The van der Waals surface area contributed by atoms with Crippen molar-refractivity contribution in [2.45, 2.75) is 13.1 Å². The van der Waals surface area contributed by atoms with Gasteiger partial charge in [0.1, 0.15) is 11.4 Å². The first-order valence-corrected chi connectivity index (χ1v) is 13.5. The second-order valence-electron chi connectivity index (χ2n) is 9.35. The summed E-state index contributed by atoms with van der Waals surface area (Å²) in [4.78, 5) is 37.6. The standard InChI is InChI=1S/C31H22F3N3O5S/c1-19-10-12-22(42-18-28(39)41-14-6-9-20-7-4-3-5-8-20)16-23(19)29-24-15-21(11-13-25(24)43-35-29)37-27(38)17-26(31(32,33)34)36(2)30(37)40/h3-5,7-8,10-13,15-17H,14,18H2,1-2H3. The first-order valence-electron chi connectivity index (χ1n) is 12.8. The van der Waals surface area contributed by atoms with Gasteiger partial charge in [-0.15, -0.1) is 0 Å². The number of nitrogens with zero attached hydrogens (tertiary/aromatic N) is 3. The maximum absolute atomic E-state index is 13.3. The van der Waals surface area contributed by atoms with Gasteiger partial charge in [0.2, 0.25) is 0 Å². The number of hydrogen-bond acceptors (Lipinski definition) is 7. The van der Waals surface area contributed by atoms with E-state index in [0.717, 1.165) is 22.9 Å². The fraction of sp³-hybridized carbons (Fsp3) is 0.161. The molecule has 0 bridgehead atoms. The minimum Gasteiger partial charge on any atom is -0.482 e. The number of esters is 1. The molecule has 0 aliphatic rings. The summed E-state index contributed by atoms with van der Waals surface area (Å²) < 4.78 is 57.0. The third kappa shape index (κ3) is 6.37. The van der Waals surface area contributed by atoms with E-state index >= 15 is 0 Å². The molecule has 2 heterocycles. The van der Waals surface area contributed by atoms with Crippen LogP contribution in [0.15, 0.2) is 82.4 Å². The van der Waals surface area contributed by atoms with Crippen LogP contribution in [0.3, 0.4) is 0 Å². The second kappa shape index (κ2) is 12.0. The highest BCUT2D eigenvalue weighted by Gasteiger charge is 2.35. The molecule has 0 saturated carbocycles.